The van der Waals surface area contributed by atoms with Crippen LogP contribution in [0.25, 0.3) is 0 Å². The molecule has 0 saturated carbocycles. The molecule has 0 radical (unpaired) electrons. The molecule has 1 fully saturated rings. The van der Waals surface area contributed by atoms with Crippen molar-refractivity contribution in [3.05, 3.63) is 54.4 Å². The second-order valence-corrected chi connectivity index (χ2v) is 6.17. The summed E-state index contributed by atoms with van der Waals surface area (Å²) in [5, 5.41) is 8.02. The minimum Gasteiger partial charge on any atom is -0.305 e. The predicted octanol–water partition coefficient (Wildman–Crippen LogP) is 2.09. The van der Waals surface area contributed by atoms with E-state index in [0.29, 0.717) is 6.04 Å². The average molecular weight is 284 g/mol. The van der Waals surface area contributed by atoms with E-state index in [-0.39, 0.29) is 5.54 Å². The Kier molecular flexibility index (Phi) is 4.08. The number of nitrogens with zero attached hydrogens (tertiary/aromatic N) is 3. The number of hydrogen-bond acceptors (Lipinski definition) is 3. The summed E-state index contributed by atoms with van der Waals surface area (Å²) in [5.41, 5.74) is 1.39. The van der Waals surface area contributed by atoms with Gasteiger partial charge in [0.15, 0.2) is 0 Å². The number of aromatic nitrogens is 2. The van der Waals surface area contributed by atoms with Crippen molar-refractivity contribution in [1.82, 2.24) is 20.0 Å². The molecule has 1 N–H and O–H groups in total. The number of piperazine rings is 1. The zero-order valence-corrected chi connectivity index (χ0v) is 12.9. The molecule has 0 bridgehead atoms. The molecule has 2 aromatic rings. The Morgan fingerprint density at radius 3 is 2.76 bits per heavy atom. The molecule has 2 unspecified atom stereocenters. The van der Waals surface area contributed by atoms with Gasteiger partial charge in [0, 0.05) is 38.1 Å². The fourth-order valence-corrected chi connectivity index (χ4v) is 3.08. The highest BCUT2D eigenvalue weighted by atomic mass is 15.3. The lowest BCUT2D eigenvalue weighted by Crippen LogP contribution is -2.60. The highest BCUT2D eigenvalue weighted by Crippen LogP contribution is 2.26. The fraction of sp³-hybridized carbons (Fsp3) is 0.471. The van der Waals surface area contributed by atoms with Gasteiger partial charge in [-0.3, -0.25) is 9.58 Å². The Labute approximate surface area is 126 Å². The van der Waals surface area contributed by atoms with E-state index in [9.17, 15) is 0 Å². The van der Waals surface area contributed by atoms with Gasteiger partial charge in [-0.2, -0.15) is 5.10 Å². The standard InChI is InChI=1S/C17H24N4/c1-15-13-18-17(2,16-7-4-3-5-8-16)14-20(15)11-12-21-10-6-9-19-21/h3-10,15,18H,11-14H2,1-2H3. The van der Waals surface area contributed by atoms with Gasteiger partial charge in [0.05, 0.1) is 12.1 Å². The monoisotopic (exact) mass is 284 g/mol. The van der Waals surface area contributed by atoms with E-state index in [1.165, 1.54) is 5.56 Å². The molecule has 112 valence electrons. The van der Waals surface area contributed by atoms with Crippen molar-refractivity contribution in [3.63, 3.8) is 0 Å². The molecule has 0 aliphatic carbocycles. The van der Waals surface area contributed by atoms with Crippen LogP contribution in [0, 0.1) is 0 Å². The molecule has 4 nitrogen and oxygen atoms in total. The van der Waals surface area contributed by atoms with Gasteiger partial charge >= 0.3 is 0 Å². The van der Waals surface area contributed by atoms with Crippen LogP contribution in [0.1, 0.15) is 19.4 Å². The van der Waals surface area contributed by atoms with E-state index < -0.39 is 0 Å². The van der Waals surface area contributed by atoms with Gasteiger partial charge in [-0.1, -0.05) is 30.3 Å². The van der Waals surface area contributed by atoms with Gasteiger partial charge in [0.1, 0.15) is 0 Å². The van der Waals surface area contributed by atoms with E-state index in [4.69, 9.17) is 0 Å². The van der Waals surface area contributed by atoms with Crippen LogP contribution in [-0.2, 0) is 12.1 Å². The molecule has 3 rings (SSSR count). The lowest BCUT2D eigenvalue weighted by atomic mass is 9.88. The molecule has 1 aliphatic rings. The largest absolute Gasteiger partial charge is 0.305 e. The van der Waals surface area contributed by atoms with Crippen molar-refractivity contribution >= 4 is 0 Å². The summed E-state index contributed by atoms with van der Waals surface area (Å²) in [6.45, 7) is 8.62. The third-order valence-electron chi connectivity index (χ3n) is 4.52. The minimum atomic E-state index is 0.0257. The molecule has 0 spiro atoms. The van der Waals surface area contributed by atoms with Gasteiger partial charge in [-0.25, -0.2) is 0 Å². The molecule has 1 aromatic carbocycles. The van der Waals surface area contributed by atoms with Gasteiger partial charge in [-0.05, 0) is 25.5 Å². The molecule has 1 saturated heterocycles. The summed E-state index contributed by atoms with van der Waals surface area (Å²) < 4.78 is 2.01. The molecule has 4 heteroatoms. The second-order valence-electron chi connectivity index (χ2n) is 6.17. The first-order valence-corrected chi connectivity index (χ1v) is 7.69. The van der Waals surface area contributed by atoms with Crippen LogP contribution in [0.4, 0.5) is 0 Å². The van der Waals surface area contributed by atoms with Crippen LogP contribution >= 0.6 is 0 Å². The molecular weight excluding hydrogens is 260 g/mol. The Bertz CT molecular complexity index is 551. The zero-order valence-electron chi connectivity index (χ0n) is 12.9. The van der Waals surface area contributed by atoms with Crippen molar-refractivity contribution in [2.75, 3.05) is 19.6 Å². The predicted molar refractivity (Wildman–Crippen MR) is 85.1 cm³/mol. The number of nitrogens with one attached hydrogen (secondary N) is 1. The summed E-state index contributed by atoms with van der Waals surface area (Å²) in [6.07, 6.45) is 3.87. The van der Waals surface area contributed by atoms with Crippen LogP contribution in [-0.4, -0.2) is 40.4 Å². The summed E-state index contributed by atoms with van der Waals surface area (Å²) in [5.74, 6) is 0. The van der Waals surface area contributed by atoms with Gasteiger partial charge in [0.25, 0.3) is 0 Å². The lowest BCUT2D eigenvalue weighted by molar-refractivity contribution is 0.0900. The number of rotatable bonds is 4. The third kappa shape index (κ3) is 3.17. The van der Waals surface area contributed by atoms with E-state index in [0.717, 1.165) is 26.2 Å². The van der Waals surface area contributed by atoms with Gasteiger partial charge in [0.2, 0.25) is 0 Å². The summed E-state index contributed by atoms with van der Waals surface area (Å²) in [6, 6.07) is 13.3. The maximum Gasteiger partial charge on any atom is 0.0536 e. The molecule has 2 atom stereocenters. The molecule has 21 heavy (non-hydrogen) atoms. The molecule has 1 aliphatic heterocycles. The number of hydrogen-bond donors (Lipinski definition) is 1. The molecule has 2 heterocycles. The number of benzene rings is 1. The Morgan fingerprint density at radius 2 is 2.05 bits per heavy atom. The van der Waals surface area contributed by atoms with Crippen LogP contribution in [0.5, 0.6) is 0 Å². The highest BCUT2D eigenvalue weighted by Gasteiger charge is 2.34. The molecular formula is C17H24N4. The Morgan fingerprint density at radius 1 is 1.24 bits per heavy atom. The van der Waals surface area contributed by atoms with Crippen LogP contribution in [0.3, 0.4) is 0 Å². The van der Waals surface area contributed by atoms with Crippen LogP contribution in [0.15, 0.2) is 48.8 Å². The second kappa shape index (κ2) is 6.00. The first kappa shape index (κ1) is 14.3. The summed E-state index contributed by atoms with van der Waals surface area (Å²) in [7, 11) is 0. The third-order valence-corrected chi connectivity index (χ3v) is 4.52. The first-order valence-electron chi connectivity index (χ1n) is 7.69. The van der Waals surface area contributed by atoms with E-state index in [1.807, 2.05) is 23.1 Å². The SMILES string of the molecule is CC1CNC(C)(c2ccccc2)CN1CCn1cccn1. The normalized spacial score (nSPS) is 26.9. The topological polar surface area (TPSA) is 33.1 Å². The summed E-state index contributed by atoms with van der Waals surface area (Å²) >= 11 is 0. The first-order chi connectivity index (χ1) is 10.2. The minimum absolute atomic E-state index is 0.0257. The Hall–Kier alpha value is -1.65. The van der Waals surface area contributed by atoms with Gasteiger partial charge in [-0.15, -0.1) is 0 Å². The Balaban J connectivity index is 1.69. The van der Waals surface area contributed by atoms with Crippen molar-refractivity contribution in [1.29, 1.82) is 0 Å². The van der Waals surface area contributed by atoms with Crippen molar-refractivity contribution in [2.24, 2.45) is 0 Å². The maximum absolute atomic E-state index is 4.29. The quantitative estimate of drug-likeness (QED) is 0.933. The molecule has 1 aromatic heterocycles. The van der Waals surface area contributed by atoms with E-state index in [1.54, 1.807) is 0 Å². The lowest BCUT2D eigenvalue weighted by Gasteiger charge is -2.45. The van der Waals surface area contributed by atoms with Crippen molar-refractivity contribution < 1.29 is 0 Å². The van der Waals surface area contributed by atoms with Crippen LogP contribution in [0.2, 0.25) is 0 Å². The average Bonchev–Trinajstić information content (AvgIpc) is 3.03. The van der Waals surface area contributed by atoms with Crippen LogP contribution < -0.4 is 5.32 Å². The zero-order chi connectivity index (χ0) is 14.7. The van der Waals surface area contributed by atoms with E-state index in [2.05, 4.69) is 59.5 Å². The fourth-order valence-electron chi connectivity index (χ4n) is 3.08. The summed E-state index contributed by atoms with van der Waals surface area (Å²) in [4.78, 5) is 2.56. The van der Waals surface area contributed by atoms with Gasteiger partial charge < -0.3 is 5.32 Å². The maximum atomic E-state index is 4.29. The molecule has 0 amide bonds. The van der Waals surface area contributed by atoms with Crippen molar-refractivity contribution in [3.8, 4) is 0 Å². The smallest absolute Gasteiger partial charge is 0.0536 e. The highest BCUT2D eigenvalue weighted by molar-refractivity contribution is 5.25. The van der Waals surface area contributed by atoms with E-state index >= 15 is 0 Å². The van der Waals surface area contributed by atoms with Crippen molar-refractivity contribution in [2.45, 2.75) is 32.0 Å².